The Kier molecular flexibility index (Phi) is 3.74. The molecule has 0 amide bonds. The molecule has 2 unspecified atom stereocenters. The Morgan fingerprint density at radius 2 is 1.19 bits per heavy atom. The molecule has 0 aromatic carbocycles. The summed E-state index contributed by atoms with van der Waals surface area (Å²) in [4.78, 5) is 24.1. The highest BCUT2D eigenvalue weighted by Crippen LogP contribution is 2.35. The van der Waals surface area contributed by atoms with E-state index in [0.29, 0.717) is 11.1 Å². The number of esters is 2. The Morgan fingerprint density at radius 3 is 1.43 bits per heavy atom. The van der Waals surface area contributed by atoms with Crippen molar-refractivity contribution in [2.75, 3.05) is 0 Å². The van der Waals surface area contributed by atoms with Crippen LogP contribution in [0.5, 0.6) is 0 Å². The van der Waals surface area contributed by atoms with Gasteiger partial charge in [0.1, 0.15) is 23.4 Å². The molecule has 21 heavy (non-hydrogen) atoms. The first-order valence-electron chi connectivity index (χ1n) is 7.02. The predicted molar refractivity (Wildman–Crippen MR) is 76.5 cm³/mol. The van der Waals surface area contributed by atoms with Crippen LogP contribution < -0.4 is 0 Å². The first-order valence-corrected chi connectivity index (χ1v) is 7.02. The van der Waals surface area contributed by atoms with Crippen LogP contribution in [0.2, 0.25) is 0 Å². The molecule has 0 saturated heterocycles. The number of rotatable bonds is 2. The fraction of sp³-hybridized carbons (Fsp3) is 0.625. The Balaban J connectivity index is 2.04. The number of fused-ring (bicyclic) bond motifs is 2. The summed E-state index contributed by atoms with van der Waals surface area (Å²) in [5, 5.41) is 0. The summed E-state index contributed by atoms with van der Waals surface area (Å²) < 4.78 is 16.2. The molecule has 0 spiro atoms. The van der Waals surface area contributed by atoms with Crippen LogP contribution in [-0.2, 0) is 23.8 Å². The summed E-state index contributed by atoms with van der Waals surface area (Å²) in [6, 6.07) is 0. The molecule has 2 heterocycles. The molecule has 0 aromatic rings. The minimum absolute atomic E-state index is 0.408. The zero-order valence-electron chi connectivity index (χ0n) is 13.4. The van der Waals surface area contributed by atoms with Crippen molar-refractivity contribution in [3.05, 3.63) is 23.3 Å². The van der Waals surface area contributed by atoms with Crippen molar-refractivity contribution in [1.29, 1.82) is 0 Å². The Hall–Kier alpha value is -1.62. The van der Waals surface area contributed by atoms with Gasteiger partial charge in [-0.1, -0.05) is 0 Å². The molecule has 0 radical (unpaired) electrons. The standard InChI is InChI=1S/C16H22O5/c1-15(2,3)20-13(17)9-7-12-10(8-11(9)19-12)14(18)21-16(4,5)6/h7-8,11-12H,1-6H3. The van der Waals surface area contributed by atoms with Gasteiger partial charge in [-0.25, -0.2) is 9.59 Å². The maximum atomic E-state index is 12.0. The summed E-state index contributed by atoms with van der Waals surface area (Å²) in [5.74, 6) is -0.816. The zero-order chi connectivity index (χ0) is 16.0. The normalized spacial score (nSPS) is 24.5. The molecule has 116 valence electrons. The number of hydrogen-bond acceptors (Lipinski definition) is 5. The molecule has 2 rings (SSSR count). The highest BCUT2D eigenvalue weighted by atomic mass is 16.6. The fourth-order valence-electron chi connectivity index (χ4n) is 2.12. The zero-order valence-corrected chi connectivity index (χ0v) is 13.4. The maximum absolute atomic E-state index is 12.0. The second kappa shape index (κ2) is 4.98. The van der Waals surface area contributed by atoms with Crippen LogP contribution in [0.1, 0.15) is 41.5 Å². The minimum atomic E-state index is -0.558. The largest absolute Gasteiger partial charge is 0.457 e. The van der Waals surface area contributed by atoms with Gasteiger partial charge in [0.05, 0.1) is 11.1 Å². The lowest BCUT2D eigenvalue weighted by Crippen LogP contribution is -2.28. The van der Waals surface area contributed by atoms with Crippen molar-refractivity contribution >= 4 is 11.9 Å². The smallest absolute Gasteiger partial charge is 0.337 e. The highest BCUT2D eigenvalue weighted by molar-refractivity contribution is 5.97. The van der Waals surface area contributed by atoms with Gasteiger partial charge >= 0.3 is 11.9 Å². The molecular weight excluding hydrogens is 272 g/mol. The summed E-state index contributed by atoms with van der Waals surface area (Å²) in [5.41, 5.74) is -0.223. The highest BCUT2D eigenvalue weighted by Gasteiger charge is 2.42. The van der Waals surface area contributed by atoms with Gasteiger partial charge in [-0.15, -0.1) is 0 Å². The van der Waals surface area contributed by atoms with Crippen LogP contribution in [0.3, 0.4) is 0 Å². The van der Waals surface area contributed by atoms with Crippen molar-refractivity contribution in [3.63, 3.8) is 0 Å². The quantitative estimate of drug-likeness (QED) is 0.731. The van der Waals surface area contributed by atoms with E-state index in [-0.39, 0.29) is 0 Å². The van der Waals surface area contributed by atoms with Crippen LogP contribution >= 0.6 is 0 Å². The number of carbonyl (C=O) groups is 2. The molecule has 2 aliphatic rings. The summed E-state index contributed by atoms with van der Waals surface area (Å²) in [6.07, 6.45) is 2.23. The van der Waals surface area contributed by atoms with Gasteiger partial charge < -0.3 is 14.2 Å². The van der Waals surface area contributed by atoms with Gasteiger partial charge in [0, 0.05) is 0 Å². The Labute approximate surface area is 124 Å². The molecular formula is C16H22O5. The van der Waals surface area contributed by atoms with E-state index in [1.165, 1.54) is 0 Å². The number of carbonyl (C=O) groups excluding carboxylic acids is 2. The predicted octanol–water partition coefficient (Wildman–Crippen LogP) is 2.30. The second-order valence-electron chi connectivity index (χ2n) is 7.23. The summed E-state index contributed by atoms with van der Waals surface area (Å²) in [6.45, 7) is 10.8. The van der Waals surface area contributed by atoms with Crippen molar-refractivity contribution in [2.45, 2.75) is 65.0 Å². The first-order chi connectivity index (χ1) is 9.46. The van der Waals surface area contributed by atoms with E-state index >= 15 is 0 Å². The lowest BCUT2D eigenvalue weighted by molar-refractivity contribution is -0.151. The third kappa shape index (κ3) is 3.73. The maximum Gasteiger partial charge on any atom is 0.337 e. The van der Waals surface area contributed by atoms with E-state index in [4.69, 9.17) is 14.2 Å². The molecule has 2 atom stereocenters. The molecule has 0 aliphatic carbocycles. The summed E-state index contributed by atoms with van der Waals surface area (Å²) in [7, 11) is 0. The van der Waals surface area contributed by atoms with Crippen LogP contribution in [0.25, 0.3) is 0 Å². The van der Waals surface area contributed by atoms with Gasteiger partial charge in [-0.05, 0) is 53.7 Å². The Morgan fingerprint density at radius 1 is 0.857 bits per heavy atom. The van der Waals surface area contributed by atoms with Gasteiger partial charge in [0.25, 0.3) is 0 Å². The number of ether oxygens (including phenoxy) is 3. The molecule has 2 bridgehead atoms. The van der Waals surface area contributed by atoms with E-state index in [1.54, 1.807) is 12.2 Å². The molecule has 0 N–H and O–H groups in total. The van der Waals surface area contributed by atoms with Crippen molar-refractivity contribution in [2.24, 2.45) is 0 Å². The molecule has 0 aromatic heterocycles. The van der Waals surface area contributed by atoms with Crippen LogP contribution in [0.4, 0.5) is 0 Å². The fourth-order valence-corrected chi connectivity index (χ4v) is 2.12. The van der Waals surface area contributed by atoms with Crippen molar-refractivity contribution in [3.8, 4) is 0 Å². The van der Waals surface area contributed by atoms with E-state index < -0.39 is 35.3 Å². The lowest BCUT2D eigenvalue weighted by Gasteiger charge is -2.22. The molecule has 2 aliphatic heterocycles. The second-order valence-corrected chi connectivity index (χ2v) is 7.23. The monoisotopic (exact) mass is 294 g/mol. The lowest BCUT2D eigenvalue weighted by atomic mass is 9.99. The van der Waals surface area contributed by atoms with E-state index in [2.05, 4.69) is 0 Å². The van der Waals surface area contributed by atoms with E-state index in [9.17, 15) is 9.59 Å². The van der Waals surface area contributed by atoms with Gasteiger partial charge in [-0.3, -0.25) is 0 Å². The van der Waals surface area contributed by atoms with Crippen molar-refractivity contribution in [1.82, 2.24) is 0 Å². The molecule has 5 nitrogen and oxygen atoms in total. The molecule has 0 saturated carbocycles. The number of hydrogen-bond donors (Lipinski definition) is 0. The van der Waals surface area contributed by atoms with Crippen molar-refractivity contribution < 1.29 is 23.8 Å². The first kappa shape index (κ1) is 15.8. The third-order valence-electron chi connectivity index (χ3n) is 2.84. The molecule has 0 fully saturated rings. The van der Waals surface area contributed by atoms with Gasteiger partial charge in [-0.2, -0.15) is 0 Å². The Bertz CT molecular complexity index is 480. The van der Waals surface area contributed by atoms with Crippen LogP contribution in [0, 0.1) is 0 Å². The summed E-state index contributed by atoms with van der Waals surface area (Å²) >= 11 is 0. The van der Waals surface area contributed by atoms with Gasteiger partial charge in [0.2, 0.25) is 0 Å². The molecule has 5 heteroatoms. The van der Waals surface area contributed by atoms with Crippen LogP contribution in [0.15, 0.2) is 23.3 Å². The third-order valence-corrected chi connectivity index (χ3v) is 2.84. The minimum Gasteiger partial charge on any atom is -0.457 e. The average Bonchev–Trinajstić information content (AvgIpc) is 2.82. The van der Waals surface area contributed by atoms with E-state index in [0.717, 1.165) is 0 Å². The topological polar surface area (TPSA) is 61.8 Å². The van der Waals surface area contributed by atoms with E-state index in [1.807, 2.05) is 41.5 Å². The average molecular weight is 294 g/mol. The van der Waals surface area contributed by atoms with Crippen LogP contribution in [-0.4, -0.2) is 35.3 Å². The SMILES string of the molecule is CC(C)(C)OC(=O)C1=CC2OC1C=C2C(=O)OC(C)(C)C. The van der Waals surface area contributed by atoms with Gasteiger partial charge in [0.15, 0.2) is 0 Å².